The molecule has 1 unspecified atom stereocenters. The van der Waals surface area contributed by atoms with E-state index in [4.69, 9.17) is 18.0 Å². The predicted molar refractivity (Wildman–Crippen MR) is 97.8 cm³/mol. The zero-order valence-electron chi connectivity index (χ0n) is 14.3. The Labute approximate surface area is 141 Å². The van der Waals surface area contributed by atoms with Crippen LogP contribution in [0, 0.1) is 0 Å². The van der Waals surface area contributed by atoms with Gasteiger partial charge in [-0.2, -0.15) is 0 Å². The largest absolute Gasteiger partial charge is 0.304 e. The Balaban J connectivity index is 1.77. The Morgan fingerprint density at radius 1 is 0.864 bits per heavy atom. The third kappa shape index (κ3) is 8.79. The second-order valence-corrected chi connectivity index (χ2v) is 6.80. The molecule has 0 aromatic rings. The van der Waals surface area contributed by atoms with Crippen LogP contribution >= 0.6 is 12.2 Å². The van der Waals surface area contributed by atoms with Gasteiger partial charge in [0.2, 0.25) is 0 Å². The average Bonchev–Trinajstić information content (AvgIpc) is 2.84. The summed E-state index contributed by atoms with van der Waals surface area (Å²) in [6, 6.07) is 0. The fourth-order valence-corrected chi connectivity index (χ4v) is 2.98. The van der Waals surface area contributed by atoms with Gasteiger partial charge in [-0.3, -0.25) is 5.01 Å². The molecule has 0 aromatic heterocycles. The van der Waals surface area contributed by atoms with E-state index >= 15 is 0 Å². The number of hydrogen-bond donors (Lipinski definition) is 1. The first-order valence-corrected chi connectivity index (χ1v) is 9.64. The summed E-state index contributed by atoms with van der Waals surface area (Å²) in [5.41, 5.74) is 5.87. The molecular weight excluding hydrogens is 292 g/mol. The fraction of sp³-hybridized carbons (Fsp3) is 0.941. The average molecular weight is 327 g/mol. The molecule has 0 saturated carbocycles. The molecule has 1 heterocycles. The topological polar surface area (TPSA) is 54.0 Å². The van der Waals surface area contributed by atoms with Crippen molar-refractivity contribution in [2.24, 2.45) is 16.1 Å². The van der Waals surface area contributed by atoms with Crippen molar-refractivity contribution in [3.63, 3.8) is 0 Å². The summed E-state index contributed by atoms with van der Waals surface area (Å²) >= 11 is 4.99. The van der Waals surface area contributed by atoms with Crippen LogP contribution < -0.4 is 5.73 Å². The van der Waals surface area contributed by atoms with Crippen molar-refractivity contribution in [3.8, 4) is 0 Å². The Morgan fingerprint density at radius 3 is 1.73 bits per heavy atom. The first-order chi connectivity index (χ1) is 10.8. The molecule has 5 heteroatoms. The first-order valence-electron chi connectivity index (χ1n) is 9.23. The normalized spacial score (nSPS) is 17.6. The summed E-state index contributed by atoms with van der Waals surface area (Å²) in [6.07, 6.45) is 17.5. The molecule has 0 saturated heterocycles. The standard InChI is InChI=1S/C17H34N4S/c1-2-3-4-5-6-7-8-9-10-11-12-13-14-15-21-16(18)17(22)19-20-21/h16H,2-15,18H2,1H3. The summed E-state index contributed by atoms with van der Waals surface area (Å²) in [5, 5.41) is 9.63. The van der Waals surface area contributed by atoms with Crippen LogP contribution in [-0.4, -0.2) is 22.7 Å². The molecule has 128 valence electrons. The van der Waals surface area contributed by atoms with E-state index in [1.54, 1.807) is 5.01 Å². The maximum absolute atomic E-state index is 5.87. The van der Waals surface area contributed by atoms with E-state index in [1.807, 2.05) is 0 Å². The first kappa shape index (κ1) is 19.5. The number of nitrogens with two attached hydrogens (primary N) is 1. The summed E-state index contributed by atoms with van der Waals surface area (Å²) in [7, 11) is 0. The lowest BCUT2D eigenvalue weighted by Gasteiger charge is -2.16. The van der Waals surface area contributed by atoms with Crippen molar-refractivity contribution in [2.75, 3.05) is 6.54 Å². The number of unbranched alkanes of at least 4 members (excludes halogenated alkanes) is 12. The fourth-order valence-electron chi connectivity index (χ4n) is 2.82. The molecule has 22 heavy (non-hydrogen) atoms. The molecule has 0 aromatic carbocycles. The molecule has 0 radical (unpaired) electrons. The Kier molecular flexibility index (Phi) is 11.5. The smallest absolute Gasteiger partial charge is 0.166 e. The summed E-state index contributed by atoms with van der Waals surface area (Å²) in [5.74, 6) is 0. The zero-order valence-corrected chi connectivity index (χ0v) is 15.1. The molecule has 1 rings (SSSR count). The SMILES string of the molecule is CCCCCCCCCCCCCCCN1N=NC(=S)C1N. The quantitative estimate of drug-likeness (QED) is 0.345. The van der Waals surface area contributed by atoms with Crippen molar-refractivity contribution in [2.45, 2.75) is 96.6 Å². The van der Waals surface area contributed by atoms with Crippen molar-refractivity contribution >= 4 is 17.2 Å². The molecule has 0 spiro atoms. The van der Waals surface area contributed by atoms with Crippen molar-refractivity contribution in [3.05, 3.63) is 0 Å². The van der Waals surface area contributed by atoms with Crippen LogP contribution in [-0.2, 0) is 0 Å². The monoisotopic (exact) mass is 326 g/mol. The summed E-state index contributed by atoms with van der Waals surface area (Å²) < 4.78 is 0. The van der Waals surface area contributed by atoms with Crippen LogP contribution in [0.4, 0.5) is 0 Å². The molecule has 0 bridgehead atoms. The van der Waals surface area contributed by atoms with Crippen LogP contribution in [0.2, 0.25) is 0 Å². The highest BCUT2D eigenvalue weighted by Gasteiger charge is 2.22. The number of rotatable bonds is 14. The van der Waals surface area contributed by atoms with Crippen LogP contribution in [0.1, 0.15) is 90.4 Å². The minimum atomic E-state index is -0.271. The second kappa shape index (κ2) is 12.9. The van der Waals surface area contributed by atoms with Crippen LogP contribution in [0.3, 0.4) is 0 Å². The lowest BCUT2D eigenvalue weighted by Crippen LogP contribution is -2.39. The van der Waals surface area contributed by atoms with E-state index in [1.165, 1.54) is 77.0 Å². The lowest BCUT2D eigenvalue weighted by molar-refractivity contribution is 0.257. The van der Waals surface area contributed by atoms with Gasteiger partial charge in [0.25, 0.3) is 0 Å². The van der Waals surface area contributed by atoms with E-state index < -0.39 is 0 Å². The molecular formula is C17H34N4S. The summed E-state index contributed by atoms with van der Waals surface area (Å²) in [6.45, 7) is 3.15. The van der Waals surface area contributed by atoms with Gasteiger partial charge in [-0.1, -0.05) is 101 Å². The minimum Gasteiger partial charge on any atom is -0.304 e. The second-order valence-electron chi connectivity index (χ2n) is 6.38. The van der Waals surface area contributed by atoms with Gasteiger partial charge < -0.3 is 5.73 Å². The molecule has 0 amide bonds. The molecule has 1 atom stereocenters. The van der Waals surface area contributed by atoms with Crippen LogP contribution in [0.5, 0.6) is 0 Å². The van der Waals surface area contributed by atoms with Gasteiger partial charge in [-0.05, 0) is 6.42 Å². The van der Waals surface area contributed by atoms with Crippen LogP contribution in [0.25, 0.3) is 0 Å². The zero-order chi connectivity index (χ0) is 16.0. The van der Waals surface area contributed by atoms with Crippen LogP contribution in [0.15, 0.2) is 10.3 Å². The highest BCUT2D eigenvalue weighted by atomic mass is 32.1. The maximum atomic E-state index is 5.87. The Morgan fingerprint density at radius 2 is 1.32 bits per heavy atom. The number of thiocarbonyl (C=S) groups is 1. The van der Waals surface area contributed by atoms with Gasteiger partial charge in [0.15, 0.2) is 11.2 Å². The molecule has 0 fully saturated rings. The molecule has 1 aliphatic rings. The third-order valence-corrected chi connectivity index (χ3v) is 4.65. The molecule has 1 aliphatic heterocycles. The maximum Gasteiger partial charge on any atom is 0.166 e. The van der Waals surface area contributed by atoms with Crippen molar-refractivity contribution in [1.82, 2.24) is 5.01 Å². The summed E-state index contributed by atoms with van der Waals surface area (Å²) in [4.78, 5) is 0.509. The lowest BCUT2D eigenvalue weighted by atomic mass is 10.0. The van der Waals surface area contributed by atoms with Gasteiger partial charge in [0, 0.05) is 6.54 Å². The predicted octanol–water partition coefficient (Wildman–Crippen LogP) is 5.37. The van der Waals surface area contributed by atoms with Gasteiger partial charge in [-0.25, -0.2) is 0 Å². The Hall–Kier alpha value is -0.550. The van der Waals surface area contributed by atoms with E-state index in [2.05, 4.69) is 17.3 Å². The highest BCUT2D eigenvalue weighted by molar-refractivity contribution is 7.80. The molecule has 2 N–H and O–H groups in total. The van der Waals surface area contributed by atoms with E-state index in [0.717, 1.165) is 13.0 Å². The van der Waals surface area contributed by atoms with Gasteiger partial charge in [0.05, 0.1) is 0 Å². The molecule has 4 nitrogen and oxygen atoms in total. The number of nitrogens with zero attached hydrogens (tertiary/aromatic N) is 3. The van der Waals surface area contributed by atoms with E-state index in [9.17, 15) is 0 Å². The third-order valence-electron chi connectivity index (χ3n) is 4.32. The highest BCUT2D eigenvalue weighted by Crippen LogP contribution is 2.14. The van der Waals surface area contributed by atoms with Gasteiger partial charge in [-0.15, -0.1) is 5.11 Å². The van der Waals surface area contributed by atoms with Gasteiger partial charge >= 0.3 is 0 Å². The van der Waals surface area contributed by atoms with Crippen molar-refractivity contribution < 1.29 is 0 Å². The molecule has 0 aliphatic carbocycles. The van der Waals surface area contributed by atoms with Gasteiger partial charge in [0.1, 0.15) is 0 Å². The van der Waals surface area contributed by atoms with Crippen molar-refractivity contribution in [1.29, 1.82) is 0 Å². The Bertz CT molecular complexity index is 320. The number of hydrogen-bond acceptors (Lipinski definition) is 4. The van der Waals surface area contributed by atoms with E-state index in [-0.39, 0.29) is 6.17 Å². The minimum absolute atomic E-state index is 0.271. The van der Waals surface area contributed by atoms with E-state index in [0.29, 0.717) is 4.99 Å².